The van der Waals surface area contributed by atoms with Crippen molar-refractivity contribution in [1.82, 2.24) is 0 Å². The smallest absolute Gasteiger partial charge is 0.108 e. The lowest BCUT2D eigenvalue weighted by molar-refractivity contribution is -0.0886. The van der Waals surface area contributed by atoms with Gasteiger partial charge in [-0.15, -0.1) is 0 Å². The summed E-state index contributed by atoms with van der Waals surface area (Å²) in [5.41, 5.74) is 1.83. The highest BCUT2D eigenvalue weighted by atomic mass is 16.3. The summed E-state index contributed by atoms with van der Waals surface area (Å²) >= 11 is 0. The van der Waals surface area contributed by atoms with Crippen LogP contribution >= 0.6 is 0 Å². The average Bonchev–Trinajstić information content (AvgIpc) is 3.03. The summed E-state index contributed by atoms with van der Waals surface area (Å²) in [5, 5.41) is 30.9. The van der Waals surface area contributed by atoms with Gasteiger partial charge in [-0.2, -0.15) is 0 Å². The average molecular weight is 429 g/mol. The minimum atomic E-state index is -1.24. The van der Waals surface area contributed by atoms with Crippen molar-refractivity contribution in [2.45, 2.75) is 103 Å². The molecule has 0 aromatic carbocycles. The van der Waals surface area contributed by atoms with Gasteiger partial charge >= 0.3 is 0 Å². The number of hydrogen-bond acceptors (Lipinski definition) is 3. The molecule has 3 rings (SSSR count). The van der Waals surface area contributed by atoms with Crippen LogP contribution in [0.1, 0.15) is 86.0 Å². The molecule has 0 bridgehead atoms. The Bertz CT molecular complexity index is 764. The zero-order valence-electron chi connectivity index (χ0n) is 20.3. The molecule has 0 aromatic rings. The van der Waals surface area contributed by atoms with Gasteiger partial charge in [0.25, 0.3) is 0 Å². The molecule has 174 valence electrons. The molecular formula is C28H44O3. The van der Waals surface area contributed by atoms with E-state index < -0.39 is 11.2 Å². The maximum atomic E-state index is 10.6. The lowest BCUT2D eigenvalue weighted by Crippen LogP contribution is -2.46. The molecule has 3 nitrogen and oxygen atoms in total. The lowest BCUT2D eigenvalue weighted by Gasteiger charge is -2.44. The normalized spacial score (nSPS) is 37.9. The molecule has 0 amide bonds. The Labute approximate surface area is 189 Å². The van der Waals surface area contributed by atoms with E-state index in [1.54, 1.807) is 32.4 Å². The molecule has 0 unspecified atom stereocenters. The van der Waals surface area contributed by atoms with Crippen LogP contribution in [0.5, 0.6) is 0 Å². The van der Waals surface area contributed by atoms with Crippen molar-refractivity contribution in [2.75, 3.05) is 0 Å². The molecule has 6 atom stereocenters. The molecule has 0 aromatic heterocycles. The van der Waals surface area contributed by atoms with Crippen molar-refractivity contribution in [3.05, 3.63) is 47.6 Å². The molecule has 0 spiro atoms. The van der Waals surface area contributed by atoms with Crippen molar-refractivity contribution in [3.8, 4) is 0 Å². The third-order valence-electron chi connectivity index (χ3n) is 8.82. The van der Waals surface area contributed by atoms with Gasteiger partial charge in [0, 0.05) is 0 Å². The first-order valence-corrected chi connectivity index (χ1v) is 12.2. The van der Waals surface area contributed by atoms with Gasteiger partial charge in [0.15, 0.2) is 0 Å². The summed E-state index contributed by atoms with van der Waals surface area (Å²) in [6, 6.07) is 0. The summed E-state index contributed by atoms with van der Waals surface area (Å²) in [4.78, 5) is 0. The zero-order chi connectivity index (χ0) is 23.0. The Morgan fingerprint density at radius 1 is 1.10 bits per heavy atom. The minimum absolute atomic E-state index is 0.226. The van der Waals surface area contributed by atoms with E-state index in [1.807, 2.05) is 0 Å². The summed E-state index contributed by atoms with van der Waals surface area (Å²) in [6.07, 6.45) is 16.8. The van der Waals surface area contributed by atoms with Crippen LogP contribution in [0, 0.1) is 23.2 Å². The standard InChI is InChI=1S/C28H44O3/c1-19-9-12-23(29)18-22(19)11-10-21-8-7-16-27(5)24(13-14-25(21)27)20(2)15-17-28(6,31)26(3,4)30/h10-11,15,17,20,23-25,29-31H,1,7-9,12-14,16,18H2,2-6H3/b17-15+,21-10-,22-11-/t20-,23+,24-,25-,27+,28-/m1/s1. The Hall–Kier alpha value is -1.16. The fraction of sp³-hybridized carbons (Fsp3) is 0.714. The van der Waals surface area contributed by atoms with Crippen LogP contribution in [0.15, 0.2) is 47.6 Å². The highest BCUT2D eigenvalue weighted by molar-refractivity contribution is 5.36. The quantitative estimate of drug-likeness (QED) is 0.480. The minimum Gasteiger partial charge on any atom is -0.393 e. The summed E-state index contributed by atoms with van der Waals surface area (Å²) in [5.74, 6) is 1.54. The van der Waals surface area contributed by atoms with Crippen LogP contribution in [0.2, 0.25) is 0 Å². The predicted molar refractivity (Wildman–Crippen MR) is 129 cm³/mol. The zero-order valence-corrected chi connectivity index (χ0v) is 20.3. The van der Waals surface area contributed by atoms with Crippen LogP contribution in [-0.2, 0) is 0 Å². The van der Waals surface area contributed by atoms with E-state index >= 15 is 0 Å². The van der Waals surface area contributed by atoms with Gasteiger partial charge in [0.2, 0.25) is 0 Å². The Morgan fingerprint density at radius 3 is 2.48 bits per heavy atom. The largest absolute Gasteiger partial charge is 0.393 e. The SMILES string of the molecule is C=C1CC[C@H](O)C/C1=C/C=C1/CCC[C@]2(C)[C@@H]1CC[C@@H]2[C@H](C)/C=C/[C@@](C)(O)C(C)(C)O. The van der Waals surface area contributed by atoms with E-state index in [-0.39, 0.29) is 11.5 Å². The Balaban J connectivity index is 1.77. The van der Waals surface area contributed by atoms with Gasteiger partial charge in [0.1, 0.15) is 5.60 Å². The van der Waals surface area contributed by atoms with E-state index in [0.29, 0.717) is 17.8 Å². The molecule has 0 aliphatic heterocycles. The molecule has 3 aliphatic carbocycles. The van der Waals surface area contributed by atoms with Crippen LogP contribution < -0.4 is 0 Å². The molecule has 3 N–H and O–H groups in total. The molecule has 3 heteroatoms. The third kappa shape index (κ3) is 5.10. The van der Waals surface area contributed by atoms with Gasteiger partial charge in [-0.25, -0.2) is 0 Å². The fourth-order valence-electron chi connectivity index (χ4n) is 6.22. The Kier molecular flexibility index (Phi) is 7.11. The summed E-state index contributed by atoms with van der Waals surface area (Å²) < 4.78 is 0. The van der Waals surface area contributed by atoms with Crippen molar-refractivity contribution in [2.24, 2.45) is 23.2 Å². The number of fused-ring (bicyclic) bond motifs is 1. The topological polar surface area (TPSA) is 60.7 Å². The van der Waals surface area contributed by atoms with Crippen molar-refractivity contribution in [3.63, 3.8) is 0 Å². The number of aliphatic hydroxyl groups excluding tert-OH is 1. The molecule has 3 fully saturated rings. The molecule has 0 saturated heterocycles. The van der Waals surface area contributed by atoms with Crippen molar-refractivity contribution in [1.29, 1.82) is 0 Å². The summed E-state index contributed by atoms with van der Waals surface area (Å²) in [7, 11) is 0. The molecule has 31 heavy (non-hydrogen) atoms. The molecular weight excluding hydrogens is 384 g/mol. The molecule has 0 radical (unpaired) electrons. The lowest BCUT2D eigenvalue weighted by atomic mass is 9.61. The second kappa shape index (κ2) is 9.00. The van der Waals surface area contributed by atoms with Crippen molar-refractivity contribution < 1.29 is 15.3 Å². The van der Waals surface area contributed by atoms with Crippen LogP contribution in [-0.4, -0.2) is 32.6 Å². The van der Waals surface area contributed by atoms with E-state index in [4.69, 9.17) is 0 Å². The number of allylic oxidation sites excluding steroid dienone is 5. The number of hydrogen-bond donors (Lipinski definition) is 3. The number of aliphatic hydroxyl groups is 3. The first-order chi connectivity index (χ1) is 14.3. The third-order valence-corrected chi connectivity index (χ3v) is 8.82. The highest BCUT2D eigenvalue weighted by Crippen LogP contribution is 2.59. The van der Waals surface area contributed by atoms with Gasteiger partial charge in [-0.1, -0.05) is 55.9 Å². The fourth-order valence-corrected chi connectivity index (χ4v) is 6.22. The van der Waals surface area contributed by atoms with E-state index in [1.165, 1.54) is 43.3 Å². The molecule has 3 aliphatic rings. The van der Waals surface area contributed by atoms with Gasteiger partial charge in [-0.05, 0) is 101 Å². The second-order valence-electron chi connectivity index (χ2n) is 11.5. The molecule has 0 heterocycles. The van der Waals surface area contributed by atoms with Crippen LogP contribution in [0.25, 0.3) is 0 Å². The maximum Gasteiger partial charge on any atom is 0.108 e. The predicted octanol–water partition coefficient (Wildman–Crippen LogP) is 5.87. The maximum absolute atomic E-state index is 10.6. The van der Waals surface area contributed by atoms with Crippen LogP contribution in [0.3, 0.4) is 0 Å². The van der Waals surface area contributed by atoms with Crippen LogP contribution in [0.4, 0.5) is 0 Å². The monoisotopic (exact) mass is 428 g/mol. The summed E-state index contributed by atoms with van der Waals surface area (Å²) in [6.45, 7) is 13.9. The second-order valence-corrected chi connectivity index (χ2v) is 11.5. The first kappa shape index (κ1) is 24.5. The van der Waals surface area contributed by atoms with Gasteiger partial charge in [0.05, 0.1) is 11.7 Å². The van der Waals surface area contributed by atoms with Gasteiger partial charge in [-0.3, -0.25) is 0 Å². The number of rotatable bonds is 5. The van der Waals surface area contributed by atoms with Gasteiger partial charge < -0.3 is 15.3 Å². The van der Waals surface area contributed by atoms with E-state index in [0.717, 1.165) is 19.3 Å². The van der Waals surface area contributed by atoms with E-state index in [2.05, 4.69) is 38.7 Å². The van der Waals surface area contributed by atoms with Crippen molar-refractivity contribution >= 4 is 0 Å². The molecule has 3 saturated carbocycles. The Morgan fingerprint density at radius 2 is 1.81 bits per heavy atom. The highest BCUT2D eigenvalue weighted by Gasteiger charge is 2.50. The first-order valence-electron chi connectivity index (χ1n) is 12.2. The van der Waals surface area contributed by atoms with E-state index in [9.17, 15) is 15.3 Å².